The molecule has 7 aromatic rings. The first kappa shape index (κ1) is 23.2. The molecule has 1 aliphatic rings. The maximum atomic E-state index is 8.89. The Morgan fingerprint density at radius 3 is 2.55 bits per heavy atom. The molecule has 0 spiro atoms. The van der Waals surface area contributed by atoms with E-state index in [4.69, 9.17) is 10.2 Å². The Morgan fingerprint density at radius 2 is 1.70 bits per heavy atom. The van der Waals surface area contributed by atoms with Crippen molar-refractivity contribution in [1.82, 2.24) is 18.7 Å². The summed E-state index contributed by atoms with van der Waals surface area (Å²) in [5.41, 5.74) is 6.57. The van der Waals surface area contributed by atoms with E-state index >= 15 is 0 Å². The van der Waals surface area contributed by atoms with Crippen LogP contribution in [-0.2, 0) is 38.2 Å². The van der Waals surface area contributed by atoms with Crippen LogP contribution < -0.4 is 4.74 Å². The number of pyridine rings is 1. The third-order valence-corrected chi connectivity index (χ3v) is 9.97. The standard InChI is InChI=1S/C38H32N4O.Pt/c1-38(2,3)26-19-20-39-37(21-26)42-33-10-6-5-9-29(33)30-17-16-28(23-36(30)42)43-27-15-13-25-14-18-32(31(25)22-27)41-24-40(4)34-11-7-8-12-35(34)41;/h5-13,15-17,19-21,32H,14,18H2,1-4H3;/q-2;/i5D,6D,9D,10D;. The van der Waals surface area contributed by atoms with Gasteiger partial charge in [0.1, 0.15) is 0 Å². The molecule has 222 valence electrons. The molecule has 0 aliphatic heterocycles. The second kappa shape index (κ2) is 10.2. The Labute approximate surface area is 273 Å². The zero-order chi connectivity index (χ0) is 33.6. The number of aryl methyl sites for hydroxylation is 2. The van der Waals surface area contributed by atoms with Crippen molar-refractivity contribution in [3.05, 3.63) is 124 Å². The van der Waals surface area contributed by atoms with Crippen LogP contribution in [-0.4, -0.2) is 18.7 Å². The first-order chi connectivity index (χ1) is 22.9. The number of hydrogen-bond acceptors (Lipinski definition) is 2. The SMILES string of the molecule is [2H]c1c([2H])c([2H])c2c(c1[2H])c1ccc(Oc3[c-]c4c(cc3)CCC4n3[c](=[Pt])n(C)c4ccccc43)[c-]c1n2-c1cc(C(C)(C)C)ccn1. The zero-order valence-electron chi connectivity index (χ0n) is 28.9. The minimum atomic E-state index is -0.291. The molecule has 44 heavy (non-hydrogen) atoms. The van der Waals surface area contributed by atoms with Crippen molar-refractivity contribution in [3.63, 3.8) is 0 Å². The van der Waals surface area contributed by atoms with Gasteiger partial charge < -0.3 is 0 Å². The smallest absolute Gasteiger partial charge is 0.239 e. The molecule has 0 amide bonds. The van der Waals surface area contributed by atoms with E-state index < -0.39 is 0 Å². The van der Waals surface area contributed by atoms with Crippen LogP contribution in [0.2, 0.25) is 0 Å². The van der Waals surface area contributed by atoms with Crippen molar-refractivity contribution < 1.29 is 29.6 Å². The van der Waals surface area contributed by atoms with Crippen LogP contribution >= 0.6 is 0 Å². The van der Waals surface area contributed by atoms with E-state index in [1.54, 1.807) is 16.8 Å². The van der Waals surface area contributed by atoms with Crippen molar-refractivity contribution in [2.45, 2.75) is 45.1 Å². The minimum Gasteiger partial charge on any atom is -0.239 e. The molecule has 8 rings (SSSR count). The Morgan fingerprint density at radius 1 is 0.932 bits per heavy atom. The fourth-order valence-corrected chi connectivity index (χ4v) is 7.31. The van der Waals surface area contributed by atoms with Crippen molar-refractivity contribution in [2.24, 2.45) is 7.05 Å². The van der Waals surface area contributed by atoms with Gasteiger partial charge in [0.05, 0.1) is 5.48 Å². The number of imidazole rings is 1. The third kappa shape index (κ3) is 4.32. The Balaban J connectivity index is 1.27. The van der Waals surface area contributed by atoms with Gasteiger partial charge in [-0.15, -0.1) is 0 Å². The van der Waals surface area contributed by atoms with Gasteiger partial charge in [-0.25, -0.2) is 4.98 Å². The topological polar surface area (TPSA) is 36.9 Å². The monoisotopic (exact) mass is 759 g/mol. The first-order valence-corrected chi connectivity index (χ1v) is 15.9. The van der Waals surface area contributed by atoms with Crippen LogP contribution in [0.1, 0.15) is 55.4 Å². The average Bonchev–Trinajstić information content (AvgIpc) is 3.72. The molecule has 0 saturated carbocycles. The van der Waals surface area contributed by atoms with Crippen LogP contribution in [0.3, 0.4) is 0 Å². The van der Waals surface area contributed by atoms with Gasteiger partial charge in [0.2, 0.25) is 0 Å². The summed E-state index contributed by atoms with van der Waals surface area (Å²) in [6, 6.07) is 26.5. The third-order valence-electron chi connectivity index (χ3n) is 8.66. The first-order valence-electron chi connectivity index (χ1n) is 16.7. The van der Waals surface area contributed by atoms with Crippen molar-refractivity contribution in [3.8, 4) is 17.3 Å². The summed E-state index contributed by atoms with van der Waals surface area (Å²) < 4.78 is 48.6. The second-order valence-corrected chi connectivity index (χ2v) is 13.4. The van der Waals surface area contributed by atoms with E-state index in [1.807, 2.05) is 24.3 Å². The number of fused-ring (bicyclic) bond motifs is 5. The number of hydrogen-bond donors (Lipinski definition) is 0. The average molecular weight is 760 g/mol. The number of benzene rings is 4. The molecule has 0 N–H and O–H groups in total. The fourth-order valence-electron chi connectivity index (χ4n) is 6.41. The maximum absolute atomic E-state index is 8.89. The fraction of sp³-hybridized carbons (Fsp3) is 0.211. The van der Waals surface area contributed by atoms with E-state index in [0.29, 0.717) is 39.1 Å². The molecule has 1 aliphatic carbocycles. The molecule has 1 atom stereocenters. The molecule has 0 radical (unpaired) electrons. The molecule has 3 heterocycles. The van der Waals surface area contributed by atoms with E-state index in [0.717, 1.165) is 27.8 Å². The molecule has 1 unspecified atom stereocenters. The van der Waals surface area contributed by atoms with Crippen molar-refractivity contribution >= 4 is 32.8 Å². The Kier molecular flexibility index (Phi) is 5.37. The predicted octanol–water partition coefficient (Wildman–Crippen LogP) is 8.78. The predicted molar refractivity (Wildman–Crippen MR) is 172 cm³/mol. The van der Waals surface area contributed by atoms with E-state index in [2.05, 4.69) is 104 Å². The molecule has 3 aromatic heterocycles. The zero-order valence-corrected chi connectivity index (χ0v) is 27.1. The van der Waals surface area contributed by atoms with Gasteiger partial charge in [0, 0.05) is 6.20 Å². The van der Waals surface area contributed by atoms with Crippen LogP contribution in [0.15, 0.2) is 91.0 Å². The van der Waals surface area contributed by atoms with Gasteiger partial charge in [-0.05, 0) is 29.2 Å². The summed E-state index contributed by atoms with van der Waals surface area (Å²) in [5, 5.41) is 1.07. The molecule has 0 saturated heterocycles. The number of aromatic nitrogens is 4. The minimum absolute atomic E-state index is 0.0950. The quantitative estimate of drug-likeness (QED) is 0.169. The number of ether oxygens (including phenoxy) is 1. The van der Waals surface area contributed by atoms with Crippen LogP contribution in [0.4, 0.5) is 0 Å². The Hall–Kier alpha value is -4.21. The summed E-state index contributed by atoms with van der Waals surface area (Å²) in [6.45, 7) is 6.37. The number of rotatable bonds is 4. The van der Waals surface area contributed by atoms with Gasteiger partial charge in [0.25, 0.3) is 0 Å². The van der Waals surface area contributed by atoms with Crippen LogP contribution in [0.25, 0.3) is 38.7 Å². The summed E-state index contributed by atoms with van der Waals surface area (Å²) in [6.07, 6.45) is 3.68. The molecule has 0 fully saturated rings. The number of para-hydroxylation sites is 3. The van der Waals surface area contributed by atoms with Gasteiger partial charge >= 0.3 is 189 Å². The van der Waals surface area contributed by atoms with Gasteiger partial charge in [0.15, 0.2) is 0 Å². The Bertz CT molecular complexity index is 2520. The summed E-state index contributed by atoms with van der Waals surface area (Å²) in [7, 11) is 2.10. The summed E-state index contributed by atoms with van der Waals surface area (Å²) in [5.74, 6) is 1.58. The van der Waals surface area contributed by atoms with Crippen molar-refractivity contribution in [1.29, 1.82) is 0 Å². The van der Waals surface area contributed by atoms with Gasteiger partial charge in [-0.1, -0.05) is 38.9 Å². The molecular formula is C38H32N4OPt-2. The second-order valence-electron chi connectivity index (χ2n) is 12.4. The molecule has 5 nitrogen and oxygen atoms in total. The van der Waals surface area contributed by atoms with Gasteiger partial charge in [-0.3, -0.25) is 0 Å². The molecule has 4 aromatic carbocycles. The molecule has 6 heteroatoms. The normalized spacial score (nSPS) is 16.3. The van der Waals surface area contributed by atoms with Crippen LogP contribution in [0, 0.1) is 15.9 Å². The van der Waals surface area contributed by atoms with Crippen LogP contribution in [0.5, 0.6) is 11.5 Å². The van der Waals surface area contributed by atoms with E-state index in [9.17, 15) is 0 Å². The summed E-state index contributed by atoms with van der Waals surface area (Å²) >= 11 is 2.41. The van der Waals surface area contributed by atoms with E-state index in [1.165, 1.54) is 16.6 Å². The molecular weight excluding hydrogens is 724 g/mol. The van der Waals surface area contributed by atoms with Gasteiger partial charge in [-0.2, -0.15) is 0 Å². The van der Waals surface area contributed by atoms with E-state index in [-0.39, 0.29) is 35.6 Å². The number of nitrogens with zero attached hydrogens (tertiary/aromatic N) is 4. The molecule has 0 bridgehead atoms. The summed E-state index contributed by atoms with van der Waals surface area (Å²) in [4.78, 5) is 4.68. The van der Waals surface area contributed by atoms with Crippen molar-refractivity contribution in [2.75, 3.05) is 0 Å².